The average Bonchev–Trinajstić information content (AvgIpc) is 2.52. The monoisotopic (exact) mass is 213 g/mol. The second kappa shape index (κ2) is 4.23. The largest absolute Gasteiger partial charge is 0.479 e. The van der Waals surface area contributed by atoms with Gasteiger partial charge in [0.2, 0.25) is 6.41 Å². The summed E-state index contributed by atoms with van der Waals surface area (Å²) in [6.07, 6.45) is 0.526. The lowest BCUT2D eigenvalue weighted by atomic mass is 10.1. The number of nitrogens with zero attached hydrogens (tertiary/aromatic N) is 1. The second-order valence-electron chi connectivity index (χ2n) is 2.98. The van der Waals surface area contributed by atoms with E-state index in [1.807, 2.05) is 18.4 Å². The highest BCUT2D eigenvalue weighted by Gasteiger charge is 2.26. The van der Waals surface area contributed by atoms with Gasteiger partial charge < -0.3 is 10.0 Å². The first-order valence-corrected chi connectivity index (χ1v) is 4.90. The molecule has 0 saturated carbocycles. The first kappa shape index (κ1) is 10.7. The van der Waals surface area contributed by atoms with Crippen molar-refractivity contribution in [3.05, 3.63) is 21.9 Å². The summed E-state index contributed by atoms with van der Waals surface area (Å²) in [6.45, 7) is 1.83. The van der Waals surface area contributed by atoms with Crippen LogP contribution >= 0.6 is 11.3 Å². The zero-order chi connectivity index (χ0) is 10.7. The molecule has 0 aromatic carbocycles. The zero-order valence-corrected chi connectivity index (χ0v) is 8.75. The Kier molecular flexibility index (Phi) is 3.24. The standard InChI is InChI=1S/C9H11NO3S/c1-6-3-4-14-8(6)7(9(12)13)10(2)5-11/h3-5,7H,1-2H3,(H,12,13). The third kappa shape index (κ3) is 1.93. The lowest BCUT2D eigenvalue weighted by Gasteiger charge is -2.19. The fourth-order valence-electron chi connectivity index (χ4n) is 1.20. The summed E-state index contributed by atoms with van der Waals surface area (Å²) in [7, 11) is 1.46. The van der Waals surface area contributed by atoms with Crippen molar-refractivity contribution in [1.29, 1.82) is 0 Å². The molecular formula is C9H11NO3S. The Morgan fingerprint density at radius 2 is 2.36 bits per heavy atom. The number of likely N-dealkylation sites (N-methyl/N-ethyl adjacent to an activating group) is 1. The third-order valence-electron chi connectivity index (χ3n) is 1.96. The maximum Gasteiger partial charge on any atom is 0.331 e. The molecule has 0 radical (unpaired) electrons. The second-order valence-corrected chi connectivity index (χ2v) is 3.93. The van der Waals surface area contributed by atoms with E-state index in [0.29, 0.717) is 11.3 Å². The van der Waals surface area contributed by atoms with Crippen molar-refractivity contribution < 1.29 is 14.7 Å². The topological polar surface area (TPSA) is 57.6 Å². The minimum Gasteiger partial charge on any atom is -0.479 e. The van der Waals surface area contributed by atoms with Gasteiger partial charge in [0.05, 0.1) is 0 Å². The van der Waals surface area contributed by atoms with E-state index in [4.69, 9.17) is 5.11 Å². The van der Waals surface area contributed by atoms with Gasteiger partial charge in [0, 0.05) is 11.9 Å². The molecule has 76 valence electrons. The van der Waals surface area contributed by atoms with Gasteiger partial charge in [-0.15, -0.1) is 11.3 Å². The number of carbonyl (C=O) groups excluding carboxylic acids is 1. The van der Waals surface area contributed by atoms with Crippen LogP contribution in [-0.4, -0.2) is 29.4 Å². The lowest BCUT2D eigenvalue weighted by molar-refractivity contribution is -0.145. The van der Waals surface area contributed by atoms with Gasteiger partial charge in [-0.1, -0.05) is 0 Å². The van der Waals surface area contributed by atoms with Gasteiger partial charge >= 0.3 is 5.97 Å². The molecule has 0 bridgehead atoms. The van der Waals surface area contributed by atoms with Gasteiger partial charge in [-0.25, -0.2) is 4.79 Å². The van der Waals surface area contributed by atoms with Gasteiger partial charge in [0.25, 0.3) is 0 Å². The van der Waals surface area contributed by atoms with Crippen molar-refractivity contribution in [3.63, 3.8) is 0 Å². The van der Waals surface area contributed by atoms with Crippen LogP contribution in [0.25, 0.3) is 0 Å². The Morgan fingerprint density at radius 1 is 1.71 bits per heavy atom. The Morgan fingerprint density at radius 3 is 2.71 bits per heavy atom. The lowest BCUT2D eigenvalue weighted by Crippen LogP contribution is -2.29. The van der Waals surface area contributed by atoms with Crippen LogP contribution in [0.3, 0.4) is 0 Å². The smallest absolute Gasteiger partial charge is 0.331 e. The Balaban J connectivity index is 3.06. The summed E-state index contributed by atoms with van der Waals surface area (Å²) in [5.74, 6) is -1.01. The average molecular weight is 213 g/mol. The fourth-order valence-corrected chi connectivity index (χ4v) is 2.27. The van der Waals surface area contributed by atoms with Crippen LogP contribution in [-0.2, 0) is 9.59 Å². The maximum absolute atomic E-state index is 11.0. The van der Waals surface area contributed by atoms with Crippen molar-refractivity contribution in [2.75, 3.05) is 7.05 Å². The summed E-state index contributed by atoms with van der Waals surface area (Å²) < 4.78 is 0. The van der Waals surface area contributed by atoms with E-state index in [-0.39, 0.29) is 0 Å². The third-order valence-corrected chi connectivity index (χ3v) is 3.03. The molecule has 1 aromatic rings. The molecular weight excluding hydrogens is 202 g/mol. The Hall–Kier alpha value is -1.36. The molecule has 0 aliphatic heterocycles. The number of thiophene rings is 1. The number of hydrogen-bond acceptors (Lipinski definition) is 3. The van der Waals surface area contributed by atoms with Crippen LogP contribution in [0.2, 0.25) is 0 Å². The van der Waals surface area contributed by atoms with Gasteiger partial charge in [-0.05, 0) is 23.9 Å². The first-order valence-electron chi connectivity index (χ1n) is 4.02. The SMILES string of the molecule is Cc1ccsc1C(C(=O)O)N(C)C=O. The van der Waals surface area contributed by atoms with Gasteiger partial charge in [-0.3, -0.25) is 4.79 Å². The molecule has 1 rings (SSSR count). The molecule has 0 saturated heterocycles. The number of hydrogen-bond donors (Lipinski definition) is 1. The molecule has 0 aliphatic rings. The number of carboxylic acid groups (broad SMARTS) is 1. The summed E-state index contributed by atoms with van der Waals surface area (Å²) in [4.78, 5) is 23.3. The van der Waals surface area contributed by atoms with Gasteiger partial charge in [0.15, 0.2) is 6.04 Å². The maximum atomic E-state index is 11.0. The molecule has 0 spiro atoms. The summed E-state index contributed by atoms with van der Waals surface area (Å²) in [5, 5.41) is 10.8. The Bertz CT molecular complexity index is 348. The minimum atomic E-state index is -1.01. The Labute approximate surface area is 85.8 Å². The molecule has 1 N–H and O–H groups in total. The summed E-state index contributed by atoms with van der Waals surface area (Å²) >= 11 is 1.35. The van der Waals surface area contributed by atoms with Crippen LogP contribution in [0, 0.1) is 6.92 Å². The van der Waals surface area contributed by atoms with Crippen LogP contribution < -0.4 is 0 Å². The molecule has 1 heterocycles. The quantitative estimate of drug-likeness (QED) is 0.766. The number of aliphatic carboxylic acids is 1. The zero-order valence-electron chi connectivity index (χ0n) is 7.93. The van der Waals surface area contributed by atoms with Crippen LogP contribution in [0.5, 0.6) is 0 Å². The van der Waals surface area contributed by atoms with E-state index in [0.717, 1.165) is 10.5 Å². The summed E-state index contributed by atoms with van der Waals surface area (Å²) in [6, 6.07) is 0.974. The fraction of sp³-hybridized carbons (Fsp3) is 0.333. The van der Waals surface area contributed by atoms with Crippen molar-refractivity contribution in [2.24, 2.45) is 0 Å². The van der Waals surface area contributed by atoms with Crippen LogP contribution in [0.1, 0.15) is 16.5 Å². The van der Waals surface area contributed by atoms with Crippen molar-refractivity contribution in [3.8, 4) is 0 Å². The molecule has 1 atom stereocenters. The van der Waals surface area contributed by atoms with E-state index in [1.54, 1.807) is 0 Å². The van der Waals surface area contributed by atoms with Gasteiger partial charge in [-0.2, -0.15) is 0 Å². The molecule has 1 unspecified atom stereocenters. The summed E-state index contributed by atoms with van der Waals surface area (Å²) in [5.41, 5.74) is 0.899. The number of aryl methyl sites for hydroxylation is 1. The number of carboxylic acids is 1. The molecule has 0 aliphatic carbocycles. The van der Waals surface area contributed by atoms with E-state index >= 15 is 0 Å². The number of carbonyl (C=O) groups is 2. The molecule has 5 heteroatoms. The number of rotatable bonds is 4. The molecule has 14 heavy (non-hydrogen) atoms. The van der Waals surface area contributed by atoms with Crippen molar-refractivity contribution >= 4 is 23.7 Å². The van der Waals surface area contributed by atoms with Crippen LogP contribution in [0.15, 0.2) is 11.4 Å². The molecule has 1 aromatic heterocycles. The normalized spacial score (nSPS) is 12.1. The first-order chi connectivity index (χ1) is 6.57. The van der Waals surface area contributed by atoms with E-state index in [9.17, 15) is 9.59 Å². The van der Waals surface area contributed by atoms with E-state index in [2.05, 4.69) is 0 Å². The number of amides is 1. The molecule has 1 amide bonds. The predicted octanol–water partition coefficient (Wildman–Crippen LogP) is 1.27. The highest BCUT2D eigenvalue weighted by atomic mass is 32.1. The minimum absolute atomic E-state index is 0.526. The highest BCUT2D eigenvalue weighted by Crippen LogP contribution is 2.27. The molecule has 4 nitrogen and oxygen atoms in total. The van der Waals surface area contributed by atoms with E-state index in [1.165, 1.54) is 18.4 Å². The highest BCUT2D eigenvalue weighted by molar-refractivity contribution is 7.10. The van der Waals surface area contributed by atoms with Crippen molar-refractivity contribution in [1.82, 2.24) is 4.90 Å². The predicted molar refractivity (Wildman–Crippen MR) is 53.3 cm³/mol. The van der Waals surface area contributed by atoms with E-state index < -0.39 is 12.0 Å². The molecule has 0 fully saturated rings. The van der Waals surface area contributed by atoms with Crippen LogP contribution in [0.4, 0.5) is 0 Å². The van der Waals surface area contributed by atoms with Crippen molar-refractivity contribution in [2.45, 2.75) is 13.0 Å². The van der Waals surface area contributed by atoms with Gasteiger partial charge in [0.1, 0.15) is 0 Å².